The molecule has 1 aliphatic carbocycles. The van der Waals surface area contributed by atoms with Crippen LogP contribution in [0.2, 0.25) is 5.02 Å². The third-order valence-electron chi connectivity index (χ3n) is 4.48. The van der Waals surface area contributed by atoms with Crippen molar-refractivity contribution in [1.82, 2.24) is 9.78 Å². The number of aliphatic hydroxyl groups excluding tert-OH is 1. The standard InChI is InChI=1S/C16H17ClN4O4/c17-14-13(18-10-16(5-6-16)7-8-22)9-19-20(15(14)23)11-1-3-12(4-2-11)21(24)25/h1-4,9,18,22H,5-8,10H2. The van der Waals surface area contributed by atoms with Crippen LogP contribution in [-0.4, -0.2) is 33.0 Å². The number of rotatable bonds is 7. The number of hydrogen-bond donors (Lipinski definition) is 2. The van der Waals surface area contributed by atoms with Gasteiger partial charge in [0.15, 0.2) is 0 Å². The molecule has 1 aromatic heterocycles. The van der Waals surface area contributed by atoms with Crippen LogP contribution in [0.15, 0.2) is 35.3 Å². The van der Waals surface area contributed by atoms with E-state index in [0.717, 1.165) is 17.5 Å². The second kappa shape index (κ2) is 6.81. The molecule has 0 aliphatic heterocycles. The van der Waals surface area contributed by atoms with Gasteiger partial charge in [-0.15, -0.1) is 0 Å². The summed E-state index contributed by atoms with van der Waals surface area (Å²) in [6.45, 7) is 0.755. The monoisotopic (exact) mass is 364 g/mol. The van der Waals surface area contributed by atoms with Crippen LogP contribution < -0.4 is 10.9 Å². The molecule has 1 aliphatic rings. The molecular formula is C16H17ClN4O4. The first-order valence-corrected chi connectivity index (χ1v) is 8.21. The van der Waals surface area contributed by atoms with Crippen molar-refractivity contribution in [2.75, 3.05) is 18.5 Å². The minimum absolute atomic E-state index is 0.00755. The van der Waals surface area contributed by atoms with E-state index in [9.17, 15) is 14.9 Å². The first-order valence-electron chi connectivity index (χ1n) is 7.83. The average molecular weight is 365 g/mol. The molecule has 3 rings (SSSR count). The Balaban J connectivity index is 1.80. The largest absolute Gasteiger partial charge is 0.396 e. The summed E-state index contributed by atoms with van der Waals surface area (Å²) in [4.78, 5) is 22.6. The summed E-state index contributed by atoms with van der Waals surface area (Å²) in [5, 5.41) is 27.0. The van der Waals surface area contributed by atoms with Gasteiger partial charge in [-0.05, 0) is 36.8 Å². The Hall–Kier alpha value is -2.45. The first-order chi connectivity index (χ1) is 12.0. The van der Waals surface area contributed by atoms with E-state index in [1.165, 1.54) is 30.5 Å². The van der Waals surface area contributed by atoms with Crippen LogP contribution in [0.25, 0.3) is 5.69 Å². The van der Waals surface area contributed by atoms with Gasteiger partial charge in [-0.3, -0.25) is 14.9 Å². The van der Waals surface area contributed by atoms with Crippen molar-refractivity contribution in [3.63, 3.8) is 0 Å². The number of halogens is 1. The molecule has 2 N–H and O–H groups in total. The summed E-state index contributed by atoms with van der Waals surface area (Å²) in [7, 11) is 0. The zero-order valence-corrected chi connectivity index (χ0v) is 14.1. The molecule has 1 heterocycles. The van der Waals surface area contributed by atoms with Gasteiger partial charge in [-0.25, -0.2) is 0 Å². The van der Waals surface area contributed by atoms with E-state index in [2.05, 4.69) is 10.4 Å². The van der Waals surface area contributed by atoms with Gasteiger partial charge >= 0.3 is 0 Å². The van der Waals surface area contributed by atoms with Crippen LogP contribution in [0.1, 0.15) is 19.3 Å². The number of hydrogen-bond acceptors (Lipinski definition) is 6. The summed E-state index contributed by atoms with van der Waals surface area (Å²) in [5.74, 6) is 0. The normalized spacial score (nSPS) is 15.0. The van der Waals surface area contributed by atoms with Gasteiger partial charge in [0.25, 0.3) is 11.2 Å². The first kappa shape index (κ1) is 17.4. The van der Waals surface area contributed by atoms with E-state index < -0.39 is 10.5 Å². The fraction of sp³-hybridized carbons (Fsp3) is 0.375. The summed E-state index contributed by atoms with van der Waals surface area (Å²) in [5.41, 5.74) is 0.329. The molecule has 1 aromatic carbocycles. The van der Waals surface area contributed by atoms with E-state index in [0.29, 0.717) is 24.3 Å². The van der Waals surface area contributed by atoms with E-state index in [4.69, 9.17) is 16.7 Å². The van der Waals surface area contributed by atoms with Crippen molar-refractivity contribution in [2.45, 2.75) is 19.3 Å². The van der Waals surface area contributed by atoms with E-state index in [1.54, 1.807) is 0 Å². The predicted octanol–water partition coefficient (Wildman–Crippen LogP) is 2.37. The minimum atomic E-state index is -0.514. The maximum atomic E-state index is 12.4. The molecule has 0 bridgehead atoms. The van der Waals surface area contributed by atoms with Gasteiger partial charge in [-0.1, -0.05) is 11.6 Å². The Morgan fingerprint density at radius 3 is 2.60 bits per heavy atom. The Morgan fingerprint density at radius 2 is 2.04 bits per heavy atom. The Kier molecular flexibility index (Phi) is 4.73. The van der Waals surface area contributed by atoms with Crippen LogP contribution in [0.5, 0.6) is 0 Å². The van der Waals surface area contributed by atoms with Gasteiger partial charge in [0.2, 0.25) is 0 Å². The molecule has 2 aromatic rings. The maximum Gasteiger partial charge on any atom is 0.292 e. The summed E-state index contributed by atoms with van der Waals surface area (Å²) < 4.78 is 1.10. The third-order valence-corrected chi connectivity index (χ3v) is 4.84. The highest BCUT2D eigenvalue weighted by atomic mass is 35.5. The van der Waals surface area contributed by atoms with Crippen molar-refractivity contribution in [3.05, 3.63) is 56.0 Å². The molecule has 0 unspecified atom stereocenters. The van der Waals surface area contributed by atoms with E-state index in [1.807, 2.05) is 0 Å². The van der Waals surface area contributed by atoms with Crippen molar-refractivity contribution >= 4 is 23.0 Å². The quantitative estimate of drug-likeness (QED) is 0.576. The predicted molar refractivity (Wildman–Crippen MR) is 93.4 cm³/mol. The highest BCUT2D eigenvalue weighted by Gasteiger charge is 2.41. The molecule has 1 saturated carbocycles. The zero-order chi connectivity index (χ0) is 18.0. The van der Waals surface area contributed by atoms with Crippen molar-refractivity contribution in [1.29, 1.82) is 0 Å². The minimum Gasteiger partial charge on any atom is -0.396 e. The number of benzene rings is 1. The molecule has 0 atom stereocenters. The zero-order valence-electron chi connectivity index (χ0n) is 13.3. The van der Waals surface area contributed by atoms with Crippen molar-refractivity contribution < 1.29 is 10.0 Å². The Morgan fingerprint density at radius 1 is 1.36 bits per heavy atom. The Labute approximate surface area is 148 Å². The molecular weight excluding hydrogens is 348 g/mol. The van der Waals surface area contributed by atoms with Crippen molar-refractivity contribution in [3.8, 4) is 5.69 Å². The van der Waals surface area contributed by atoms with Crippen LogP contribution >= 0.6 is 11.6 Å². The molecule has 132 valence electrons. The van der Waals surface area contributed by atoms with Crippen LogP contribution in [-0.2, 0) is 0 Å². The van der Waals surface area contributed by atoms with Crippen molar-refractivity contribution in [2.24, 2.45) is 5.41 Å². The fourth-order valence-electron chi connectivity index (χ4n) is 2.67. The summed E-state index contributed by atoms with van der Waals surface area (Å²) in [6.07, 6.45) is 4.24. The van der Waals surface area contributed by atoms with Gasteiger partial charge < -0.3 is 10.4 Å². The number of aliphatic hydroxyl groups is 1. The topological polar surface area (TPSA) is 110 Å². The third kappa shape index (κ3) is 3.64. The number of anilines is 1. The lowest BCUT2D eigenvalue weighted by Gasteiger charge is -2.16. The molecule has 8 nitrogen and oxygen atoms in total. The number of nitro benzene ring substituents is 1. The second-order valence-electron chi connectivity index (χ2n) is 6.19. The fourth-order valence-corrected chi connectivity index (χ4v) is 2.86. The van der Waals surface area contributed by atoms with Crippen LogP contribution in [0, 0.1) is 15.5 Å². The SMILES string of the molecule is O=c1c(Cl)c(NCC2(CCO)CC2)cnn1-c1ccc([N+](=O)[O-])cc1. The molecule has 1 fully saturated rings. The highest BCUT2D eigenvalue weighted by molar-refractivity contribution is 6.32. The van der Waals surface area contributed by atoms with Crippen LogP contribution in [0.3, 0.4) is 0 Å². The summed E-state index contributed by atoms with van der Waals surface area (Å²) in [6, 6.07) is 5.48. The van der Waals surface area contributed by atoms with E-state index >= 15 is 0 Å². The molecule has 0 spiro atoms. The second-order valence-corrected chi connectivity index (χ2v) is 6.57. The Bertz CT molecular complexity index is 846. The number of nitro groups is 1. The van der Waals surface area contributed by atoms with E-state index in [-0.39, 0.29) is 22.7 Å². The van der Waals surface area contributed by atoms with Gasteiger partial charge in [-0.2, -0.15) is 9.78 Å². The number of nitrogens with zero attached hydrogens (tertiary/aromatic N) is 3. The molecule has 9 heteroatoms. The summed E-state index contributed by atoms with van der Waals surface area (Å²) >= 11 is 6.16. The number of non-ortho nitro benzene ring substituents is 1. The number of nitrogens with one attached hydrogen (secondary N) is 1. The smallest absolute Gasteiger partial charge is 0.292 e. The lowest BCUT2D eigenvalue weighted by Crippen LogP contribution is -2.24. The maximum absolute atomic E-state index is 12.4. The van der Waals surface area contributed by atoms with Gasteiger partial charge in [0.1, 0.15) is 5.02 Å². The molecule has 0 radical (unpaired) electrons. The number of aromatic nitrogens is 2. The molecule has 25 heavy (non-hydrogen) atoms. The van der Waals surface area contributed by atoms with Gasteiger partial charge in [0.05, 0.1) is 22.5 Å². The molecule has 0 saturated heterocycles. The highest BCUT2D eigenvalue weighted by Crippen LogP contribution is 2.48. The van der Waals surface area contributed by atoms with Gasteiger partial charge in [0, 0.05) is 25.3 Å². The average Bonchev–Trinajstić information content (AvgIpc) is 3.36. The van der Waals surface area contributed by atoms with Crippen LogP contribution in [0.4, 0.5) is 11.4 Å². The molecule has 0 amide bonds. The lowest BCUT2D eigenvalue weighted by molar-refractivity contribution is -0.384. The lowest BCUT2D eigenvalue weighted by atomic mass is 10.0.